The van der Waals surface area contributed by atoms with E-state index in [1.54, 1.807) is 36.7 Å². The maximum absolute atomic E-state index is 12.0. The summed E-state index contributed by atoms with van der Waals surface area (Å²) in [5, 5.41) is 6.27. The third kappa shape index (κ3) is 6.59. The number of rotatable bonds is 7. The maximum atomic E-state index is 12.0. The van der Waals surface area contributed by atoms with Crippen LogP contribution in [0.15, 0.2) is 52.6 Å². The molecule has 0 spiro atoms. The predicted molar refractivity (Wildman–Crippen MR) is 128 cm³/mol. The first-order valence-corrected chi connectivity index (χ1v) is 11.4. The van der Waals surface area contributed by atoms with E-state index in [1.165, 1.54) is 30.5 Å². The fraction of sp³-hybridized carbons (Fsp3) is 0.190. The zero-order valence-electron chi connectivity index (χ0n) is 17.2. The Bertz CT molecular complexity index is 1070. The lowest BCUT2D eigenvalue weighted by Crippen LogP contribution is -2.32. The molecule has 1 aliphatic heterocycles. The van der Waals surface area contributed by atoms with E-state index in [-0.39, 0.29) is 0 Å². The van der Waals surface area contributed by atoms with Crippen LogP contribution in [0.3, 0.4) is 0 Å². The molecule has 32 heavy (non-hydrogen) atoms. The third-order valence-corrected chi connectivity index (χ3v) is 6.53. The van der Waals surface area contributed by atoms with Gasteiger partial charge in [0.2, 0.25) is 5.91 Å². The molecule has 0 radical (unpaired) electrons. The smallest absolute Gasteiger partial charge is 0.329 e. The molecular weight excluding hydrogens is 450 g/mol. The van der Waals surface area contributed by atoms with Crippen LogP contribution in [0.1, 0.15) is 21.5 Å². The van der Waals surface area contributed by atoms with Gasteiger partial charge in [-0.15, -0.1) is 0 Å². The summed E-state index contributed by atoms with van der Waals surface area (Å²) in [5.74, 6) is 0.0554. The standard InChI is InChI=1S/C21H21N5O4S2/c1-30-17-7-2-13(10-15(17)12-32-21-23-8-9-31-21)11-24-26-20(29)19(28)25-16-5-3-14(4-6-16)18(22)27/h2-7,10-11H,8-9,12H2,1H3,(H2,22,27)(H,25,28)(H,26,29). The zero-order chi connectivity index (χ0) is 22.9. The summed E-state index contributed by atoms with van der Waals surface area (Å²) in [5.41, 5.74) is 9.71. The first-order chi connectivity index (χ1) is 15.5. The molecule has 0 atom stereocenters. The van der Waals surface area contributed by atoms with Gasteiger partial charge in [0.25, 0.3) is 0 Å². The first-order valence-electron chi connectivity index (χ1n) is 9.47. The molecule has 1 aliphatic rings. The van der Waals surface area contributed by atoms with E-state index in [1.807, 2.05) is 12.1 Å². The normalized spacial score (nSPS) is 13.0. The number of amides is 3. The van der Waals surface area contributed by atoms with Crippen molar-refractivity contribution in [3.8, 4) is 5.75 Å². The number of carbonyl (C=O) groups excluding carboxylic acids is 3. The molecule has 0 saturated heterocycles. The number of nitrogens with two attached hydrogens (primary N) is 1. The van der Waals surface area contributed by atoms with Crippen molar-refractivity contribution in [2.24, 2.45) is 15.8 Å². The van der Waals surface area contributed by atoms with Gasteiger partial charge in [-0.1, -0.05) is 23.5 Å². The summed E-state index contributed by atoms with van der Waals surface area (Å²) in [4.78, 5) is 39.5. The molecule has 0 unspecified atom stereocenters. The molecule has 0 saturated carbocycles. The van der Waals surface area contributed by atoms with Gasteiger partial charge < -0.3 is 15.8 Å². The van der Waals surface area contributed by atoms with Crippen molar-refractivity contribution in [2.75, 3.05) is 24.7 Å². The van der Waals surface area contributed by atoms with Crippen LogP contribution in [0.25, 0.3) is 0 Å². The Morgan fingerprint density at radius 3 is 2.66 bits per heavy atom. The minimum atomic E-state index is -0.930. The van der Waals surface area contributed by atoms with Crippen LogP contribution in [0.2, 0.25) is 0 Å². The Morgan fingerprint density at radius 1 is 1.22 bits per heavy atom. The van der Waals surface area contributed by atoms with Crippen molar-refractivity contribution in [3.63, 3.8) is 0 Å². The average molecular weight is 472 g/mol. The van der Waals surface area contributed by atoms with Gasteiger partial charge in [-0.25, -0.2) is 5.43 Å². The fourth-order valence-corrected chi connectivity index (χ4v) is 4.64. The molecule has 1 heterocycles. The largest absolute Gasteiger partial charge is 0.496 e. The van der Waals surface area contributed by atoms with Gasteiger partial charge in [-0.05, 0) is 48.0 Å². The van der Waals surface area contributed by atoms with Crippen LogP contribution in [-0.4, -0.2) is 47.7 Å². The number of thioether (sulfide) groups is 2. The van der Waals surface area contributed by atoms with Gasteiger partial charge in [0.05, 0.1) is 19.9 Å². The lowest BCUT2D eigenvalue weighted by atomic mass is 10.1. The fourth-order valence-electron chi connectivity index (χ4n) is 2.66. The predicted octanol–water partition coefficient (Wildman–Crippen LogP) is 2.22. The lowest BCUT2D eigenvalue weighted by Gasteiger charge is -2.09. The number of hydrogen-bond acceptors (Lipinski definition) is 8. The number of ether oxygens (including phenoxy) is 1. The minimum absolute atomic E-state index is 0.296. The molecule has 3 rings (SSSR count). The van der Waals surface area contributed by atoms with Crippen molar-refractivity contribution in [1.29, 1.82) is 0 Å². The molecule has 166 valence electrons. The minimum Gasteiger partial charge on any atom is -0.496 e. The van der Waals surface area contributed by atoms with E-state index >= 15 is 0 Å². The molecule has 2 aromatic rings. The number of benzene rings is 2. The van der Waals surface area contributed by atoms with E-state index in [0.717, 1.165) is 33.5 Å². The Balaban J connectivity index is 1.55. The van der Waals surface area contributed by atoms with E-state index in [2.05, 4.69) is 20.8 Å². The van der Waals surface area contributed by atoms with Crippen molar-refractivity contribution in [1.82, 2.24) is 5.43 Å². The molecule has 4 N–H and O–H groups in total. The number of anilines is 1. The van der Waals surface area contributed by atoms with Crippen molar-refractivity contribution >= 4 is 57.5 Å². The molecule has 3 amide bonds. The van der Waals surface area contributed by atoms with E-state index in [0.29, 0.717) is 17.0 Å². The van der Waals surface area contributed by atoms with Gasteiger partial charge >= 0.3 is 11.8 Å². The Labute approximate surface area is 193 Å². The number of aliphatic imine (C=N–C) groups is 1. The highest BCUT2D eigenvalue weighted by Gasteiger charge is 2.14. The molecule has 9 nitrogen and oxygen atoms in total. The molecule has 11 heteroatoms. The number of primary amides is 1. The summed E-state index contributed by atoms with van der Waals surface area (Å²) < 4.78 is 6.48. The number of hydrogen-bond donors (Lipinski definition) is 3. The Kier molecular flexibility index (Phi) is 8.28. The number of nitrogens with zero attached hydrogens (tertiary/aromatic N) is 2. The molecule has 0 bridgehead atoms. The topological polar surface area (TPSA) is 135 Å². The van der Waals surface area contributed by atoms with Crippen LogP contribution < -0.4 is 21.2 Å². The SMILES string of the molecule is COc1ccc(C=NNC(=O)C(=O)Nc2ccc(C(N)=O)cc2)cc1CSC1=NCCS1. The quantitative estimate of drug-likeness (QED) is 0.322. The van der Waals surface area contributed by atoms with Gasteiger partial charge in [0.15, 0.2) is 0 Å². The van der Waals surface area contributed by atoms with Gasteiger partial charge in [0, 0.05) is 28.3 Å². The second-order valence-electron chi connectivity index (χ2n) is 6.45. The first kappa shape index (κ1) is 23.4. The van der Waals surface area contributed by atoms with Gasteiger partial charge in [-0.3, -0.25) is 19.4 Å². The van der Waals surface area contributed by atoms with Crippen LogP contribution in [0, 0.1) is 0 Å². The summed E-state index contributed by atoms with van der Waals surface area (Å²) in [6.45, 7) is 0.850. The van der Waals surface area contributed by atoms with E-state index < -0.39 is 17.7 Å². The summed E-state index contributed by atoms with van der Waals surface area (Å²) in [6, 6.07) is 11.4. The van der Waals surface area contributed by atoms with Crippen LogP contribution in [0.5, 0.6) is 5.75 Å². The number of methoxy groups -OCH3 is 1. The van der Waals surface area contributed by atoms with Crippen LogP contribution in [-0.2, 0) is 15.3 Å². The van der Waals surface area contributed by atoms with Crippen molar-refractivity contribution < 1.29 is 19.1 Å². The van der Waals surface area contributed by atoms with Crippen molar-refractivity contribution in [2.45, 2.75) is 5.75 Å². The number of nitrogens with one attached hydrogen (secondary N) is 2. The van der Waals surface area contributed by atoms with Crippen molar-refractivity contribution in [3.05, 3.63) is 59.2 Å². The number of carbonyl (C=O) groups is 3. The van der Waals surface area contributed by atoms with Gasteiger partial charge in [-0.2, -0.15) is 5.10 Å². The average Bonchev–Trinajstić information content (AvgIpc) is 3.31. The lowest BCUT2D eigenvalue weighted by molar-refractivity contribution is -0.136. The second-order valence-corrected chi connectivity index (χ2v) is 8.76. The Hall–Kier alpha value is -3.31. The molecule has 0 aromatic heterocycles. The van der Waals surface area contributed by atoms with Gasteiger partial charge in [0.1, 0.15) is 10.1 Å². The molecule has 2 aromatic carbocycles. The Morgan fingerprint density at radius 2 is 2.00 bits per heavy atom. The highest BCUT2D eigenvalue weighted by atomic mass is 32.2. The maximum Gasteiger partial charge on any atom is 0.329 e. The van der Waals surface area contributed by atoms with E-state index in [4.69, 9.17) is 10.5 Å². The van der Waals surface area contributed by atoms with Crippen LogP contribution in [0.4, 0.5) is 5.69 Å². The van der Waals surface area contributed by atoms with E-state index in [9.17, 15) is 14.4 Å². The van der Waals surface area contributed by atoms with Crippen LogP contribution >= 0.6 is 23.5 Å². The number of hydrazone groups is 1. The highest BCUT2D eigenvalue weighted by Crippen LogP contribution is 2.29. The summed E-state index contributed by atoms with van der Waals surface area (Å²) >= 11 is 3.39. The summed E-state index contributed by atoms with van der Waals surface area (Å²) in [7, 11) is 1.61. The monoisotopic (exact) mass is 471 g/mol. The molecule has 0 aliphatic carbocycles. The highest BCUT2D eigenvalue weighted by molar-refractivity contribution is 8.38. The molecular formula is C21H21N5O4S2. The summed E-state index contributed by atoms with van der Waals surface area (Å²) in [6.07, 6.45) is 1.45. The third-order valence-electron chi connectivity index (χ3n) is 4.23. The second kappa shape index (κ2) is 11.3. The molecule has 0 fully saturated rings. The zero-order valence-corrected chi connectivity index (χ0v) is 18.8.